The van der Waals surface area contributed by atoms with E-state index in [1.54, 1.807) is 11.9 Å². The number of amides is 1. The SMILES string of the molecule is CNCC(=O)N1C[C@@H](CC(C)C)[C@H](C(=O)O)C1. The van der Waals surface area contributed by atoms with E-state index >= 15 is 0 Å². The molecule has 0 aliphatic carbocycles. The first-order valence-corrected chi connectivity index (χ1v) is 6.10. The van der Waals surface area contributed by atoms with Crippen LogP contribution >= 0.6 is 0 Å². The molecule has 0 spiro atoms. The second-order valence-electron chi connectivity index (χ2n) is 5.16. The Morgan fingerprint density at radius 1 is 1.41 bits per heavy atom. The summed E-state index contributed by atoms with van der Waals surface area (Å²) < 4.78 is 0. The van der Waals surface area contributed by atoms with Gasteiger partial charge in [0.05, 0.1) is 12.5 Å². The lowest BCUT2D eigenvalue weighted by molar-refractivity contribution is -0.142. The Hall–Kier alpha value is -1.10. The van der Waals surface area contributed by atoms with Crippen molar-refractivity contribution >= 4 is 11.9 Å². The Kier molecular flexibility index (Phi) is 4.93. The van der Waals surface area contributed by atoms with E-state index in [0.717, 1.165) is 6.42 Å². The summed E-state index contributed by atoms with van der Waals surface area (Å²) in [6.45, 7) is 5.37. The van der Waals surface area contributed by atoms with E-state index in [9.17, 15) is 14.7 Å². The zero-order chi connectivity index (χ0) is 13.0. The molecule has 5 heteroatoms. The molecule has 1 heterocycles. The van der Waals surface area contributed by atoms with Crippen LogP contribution in [0.25, 0.3) is 0 Å². The van der Waals surface area contributed by atoms with Crippen LogP contribution in [0, 0.1) is 17.8 Å². The van der Waals surface area contributed by atoms with Crippen LogP contribution in [0.15, 0.2) is 0 Å². The zero-order valence-electron chi connectivity index (χ0n) is 10.8. The number of rotatable bonds is 5. The minimum atomic E-state index is -0.782. The number of nitrogens with zero attached hydrogens (tertiary/aromatic N) is 1. The minimum absolute atomic E-state index is 0.00925. The first kappa shape index (κ1) is 14.0. The molecule has 0 unspecified atom stereocenters. The maximum atomic E-state index is 11.7. The number of likely N-dealkylation sites (tertiary alicyclic amines) is 1. The number of carboxylic acid groups (broad SMARTS) is 1. The van der Waals surface area contributed by atoms with Gasteiger partial charge in [-0.15, -0.1) is 0 Å². The van der Waals surface area contributed by atoms with Gasteiger partial charge in [-0.2, -0.15) is 0 Å². The average molecular weight is 242 g/mol. The fourth-order valence-corrected chi connectivity index (χ4v) is 2.46. The number of carboxylic acids is 1. The van der Waals surface area contributed by atoms with E-state index in [1.807, 2.05) is 0 Å². The highest BCUT2D eigenvalue weighted by molar-refractivity contribution is 5.80. The molecule has 0 aromatic rings. The van der Waals surface area contributed by atoms with E-state index in [1.165, 1.54) is 0 Å². The molecule has 0 aromatic carbocycles. The molecule has 1 aliphatic heterocycles. The number of carbonyl (C=O) groups is 2. The highest BCUT2D eigenvalue weighted by atomic mass is 16.4. The third-order valence-electron chi connectivity index (χ3n) is 3.21. The molecule has 0 saturated carbocycles. The molecule has 5 nitrogen and oxygen atoms in total. The maximum absolute atomic E-state index is 11.7. The first-order valence-electron chi connectivity index (χ1n) is 6.10. The predicted octanol–water partition coefficient (Wildman–Crippen LogP) is 0.411. The van der Waals surface area contributed by atoms with E-state index in [4.69, 9.17) is 0 Å². The van der Waals surface area contributed by atoms with Gasteiger partial charge in [0.2, 0.25) is 5.91 Å². The van der Waals surface area contributed by atoms with E-state index < -0.39 is 11.9 Å². The molecule has 1 aliphatic rings. The summed E-state index contributed by atoms with van der Waals surface area (Å²) in [5.74, 6) is -0.645. The van der Waals surface area contributed by atoms with Crippen LogP contribution in [0.5, 0.6) is 0 Å². The van der Waals surface area contributed by atoms with Gasteiger partial charge in [-0.05, 0) is 25.3 Å². The van der Waals surface area contributed by atoms with Gasteiger partial charge in [-0.3, -0.25) is 9.59 Å². The molecule has 2 atom stereocenters. The van der Waals surface area contributed by atoms with E-state index in [2.05, 4.69) is 19.2 Å². The maximum Gasteiger partial charge on any atom is 0.308 e. The molecule has 1 amide bonds. The van der Waals surface area contributed by atoms with Gasteiger partial charge in [-0.1, -0.05) is 13.8 Å². The molecule has 0 radical (unpaired) electrons. The first-order chi connectivity index (χ1) is 7.95. The Morgan fingerprint density at radius 3 is 2.53 bits per heavy atom. The summed E-state index contributed by atoms with van der Waals surface area (Å²) in [7, 11) is 1.72. The molecular formula is C12H22N2O3. The lowest BCUT2D eigenvalue weighted by atomic mass is 9.88. The third kappa shape index (κ3) is 3.70. The van der Waals surface area contributed by atoms with Crippen molar-refractivity contribution in [2.24, 2.45) is 17.8 Å². The molecule has 17 heavy (non-hydrogen) atoms. The zero-order valence-corrected chi connectivity index (χ0v) is 10.8. The number of nitrogens with one attached hydrogen (secondary N) is 1. The molecule has 0 bridgehead atoms. The number of hydrogen-bond acceptors (Lipinski definition) is 3. The summed E-state index contributed by atoms with van der Waals surface area (Å²) >= 11 is 0. The predicted molar refractivity (Wildman–Crippen MR) is 64.6 cm³/mol. The topological polar surface area (TPSA) is 69.6 Å². The Balaban J connectivity index is 2.65. The van der Waals surface area contributed by atoms with E-state index in [-0.39, 0.29) is 18.4 Å². The van der Waals surface area contributed by atoms with Crippen LogP contribution in [-0.4, -0.2) is 48.6 Å². The second-order valence-corrected chi connectivity index (χ2v) is 5.16. The largest absolute Gasteiger partial charge is 0.481 e. The molecule has 1 saturated heterocycles. The minimum Gasteiger partial charge on any atom is -0.481 e. The van der Waals surface area contributed by atoms with Crippen molar-refractivity contribution in [1.29, 1.82) is 0 Å². The highest BCUT2D eigenvalue weighted by Crippen LogP contribution is 2.29. The molecular weight excluding hydrogens is 220 g/mol. The standard InChI is InChI=1S/C12H22N2O3/c1-8(2)4-9-6-14(11(15)5-13-3)7-10(9)12(16)17/h8-10,13H,4-7H2,1-3H3,(H,16,17)/t9-,10-/m1/s1. The van der Waals surface area contributed by atoms with Crippen LogP contribution < -0.4 is 5.32 Å². The van der Waals surface area contributed by atoms with Gasteiger partial charge < -0.3 is 15.3 Å². The van der Waals surface area contributed by atoms with Crippen LogP contribution in [0.1, 0.15) is 20.3 Å². The normalized spacial score (nSPS) is 24.4. The van der Waals surface area contributed by atoms with E-state index in [0.29, 0.717) is 19.0 Å². The molecule has 1 rings (SSSR count). The highest BCUT2D eigenvalue weighted by Gasteiger charge is 2.39. The van der Waals surface area contributed by atoms with Crippen molar-refractivity contribution in [2.45, 2.75) is 20.3 Å². The van der Waals surface area contributed by atoms with Gasteiger partial charge in [0.15, 0.2) is 0 Å². The lowest BCUT2D eigenvalue weighted by Crippen LogP contribution is -2.36. The number of likely N-dealkylation sites (N-methyl/N-ethyl adjacent to an activating group) is 1. The summed E-state index contributed by atoms with van der Waals surface area (Å²) in [6.07, 6.45) is 0.861. The van der Waals surface area contributed by atoms with Crippen LogP contribution in [-0.2, 0) is 9.59 Å². The molecule has 2 N–H and O–H groups in total. The van der Waals surface area contributed by atoms with Crippen LogP contribution in [0.2, 0.25) is 0 Å². The third-order valence-corrected chi connectivity index (χ3v) is 3.21. The van der Waals surface area contributed by atoms with Crippen molar-refractivity contribution < 1.29 is 14.7 Å². The Bertz CT molecular complexity index is 291. The lowest BCUT2D eigenvalue weighted by Gasteiger charge is -2.17. The summed E-state index contributed by atoms with van der Waals surface area (Å²) in [5.41, 5.74) is 0. The molecule has 1 fully saturated rings. The van der Waals surface area contributed by atoms with Crippen molar-refractivity contribution in [2.75, 3.05) is 26.7 Å². The van der Waals surface area contributed by atoms with Crippen molar-refractivity contribution in [3.63, 3.8) is 0 Å². The monoisotopic (exact) mass is 242 g/mol. The van der Waals surface area contributed by atoms with Crippen LogP contribution in [0.3, 0.4) is 0 Å². The van der Waals surface area contributed by atoms with Crippen molar-refractivity contribution in [3.05, 3.63) is 0 Å². The molecule has 0 aromatic heterocycles. The van der Waals surface area contributed by atoms with Crippen molar-refractivity contribution in [3.8, 4) is 0 Å². The Morgan fingerprint density at radius 2 is 2.06 bits per heavy atom. The van der Waals surface area contributed by atoms with Crippen LogP contribution in [0.4, 0.5) is 0 Å². The van der Waals surface area contributed by atoms with Gasteiger partial charge in [0.25, 0.3) is 0 Å². The number of hydrogen-bond donors (Lipinski definition) is 2. The fraction of sp³-hybridized carbons (Fsp3) is 0.833. The summed E-state index contributed by atoms with van der Waals surface area (Å²) in [6, 6.07) is 0. The summed E-state index contributed by atoms with van der Waals surface area (Å²) in [5, 5.41) is 12.0. The van der Waals surface area contributed by atoms with Gasteiger partial charge in [-0.25, -0.2) is 0 Å². The smallest absolute Gasteiger partial charge is 0.308 e. The van der Waals surface area contributed by atoms with Gasteiger partial charge >= 0.3 is 5.97 Å². The van der Waals surface area contributed by atoms with Crippen molar-refractivity contribution in [1.82, 2.24) is 10.2 Å². The second kappa shape index (κ2) is 6.00. The fourth-order valence-electron chi connectivity index (χ4n) is 2.46. The quantitative estimate of drug-likeness (QED) is 0.732. The Labute approximate surface area is 102 Å². The number of aliphatic carboxylic acids is 1. The average Bonchev–Trinajstić information content (AvgIpc) is 2.61. The summed E-state index contributed by atoms with van der Waals surface area (Å²) in [4.78, 5) is 24.6. The van der Waals surface area contributed by atoms with Gasteiger partial charge in [0, 0.05) is 13.1 Å². The van der Waals surface area contributed by atoms with Gasteiger partial charge in [0.1, 0.15) is 0 Å². The number of carbonyl (C=O) groups excluding carboxylic acids is 1. The molecule has 98 valence electrons.